The third-order valence-corrected chi connectivity index (χ3v) is 2.09. The number of aliphatic hydroxyl groups is 1. The number of ether oxygens (including phenoxy) is 1. The molecule has 2 atom stereocenters. The molecule has 0 bridgehead atoms. The summed E-state index contributed by atoms with van der Waals surface area (Å²) < 4.78 is 4.90. The lowest BCUT2D eigenvalue weighted by Crippen LogP contribution is -2.33. The van der Waals surface area contributed by atoms with Gasteiger partial charge in [-0.2, -0.15) is 0 Å². The summed E-state index contributed by atoms with van der Waals surface area (Å²) in [5.74, 6) is 0.306. The van der Waals surface area contributed by atoms with E-state index in [1.54, 1.807) is 7.11 Å². The van der Waals surface area contributed by atoms with Crippen LogP contribution in [0.3, 0.4) is 0 Å². The minimum Gasteiger partial charge on any atom is -0.393 e. The highest BCUT2D eigenvalue weighted by Crippen LogP contribution is 2.32. The summed E-state index contributed by atoms with van der Waals surface area (Å²) in [5.41, 5.74) is 1.03. The van der Waals surface area contributed by atoms with Gasteiger partial charge in [-0.1, -0.05) is 6.58 Å². The van der Waals surface area contributed by atoms with Crippen LogP contribution in [0, 0.1) is 5.92 Å². The van der Waals surface area contributed by atoms with Crippen molar-refractivity contribution in [2.45, 2.75) is 18.9 Å². The van der Waals surface area contributed by atoms with Crippen molar-refractivity contribution < 1.29 is 9.84 Å². The van der Waals surface area contributed by atoms with Crippen molar-refractivity contribution in [3.8, 4) is 0 Å². The SMILES string of the molecule is C=C(COC)C1CCC1O. The smallest absolute Gasteiger partial charge is 0.0674 e. The van der Waals surface area contributed by atoms with Crippen LogP contribution >= 0.6 is 0 Å². The fourth-order valence-electron chi connectivity index (χ4n) is 1.25. The molecule has 1 N–H and O–H groups in total. The van der Waals surface area contributed by atoms with E-state index in [4.69, 9.17) is 4.74 Å². The Morgan fingerprint density at radius 3 is 2.70 bits per heavy atom. The molecule has 1 fully saturated rings. The summed E-state index contributed by atoms with van der Waals surface area (Å²) in [6.45, 7) is 4.42. The minimum atomic E-state index is -0.150. The van der Waals surface area contributed by atoms with Gasteiger partial charge < -0.3 is 9.84 Å². The fraction of sp³-hybridized carbons (Fsp3) is 0.750. The molecule has 0 aromatic rings. The highest BCUT2D eigenvalue weighted by atomic mass is 16.5. The Hall–Kier alpha value is -0.340. The molecule has 58 valence electrons. The van der Waals surface area contributed by atoms with E-state index in [1.807, 2.05) is 0 Å². The van der Waals surface area contributed by atoms with E-state index in [-0.39, 0.29) is 6.10 Å². The molecule has 1 saturated carbocycles. The number of hydrogen-bond donors (Lipinski definition) is 1. The van der Waals surface area contributed by atoms with E-state index in [0.717, 1.165) is 18.4 Å². The standard InChI is InChI=1S/C8H14O2/c1-6(5-10-2)7-3-4-8(7)9/h7-9H,1,3-5H2,2H3. The van der Waals surface area contributed by atoms with Crippen LogP contribution in [0.25, 0.3) is 0 Å². The van der Waals surface area contributed by atoms with E-state index in [9.17, 15) is 5.11 Å². The summed E-state index contributed by atoms with van der Waals surface area (Å²) in [5, 5.41) is 9.19. The average molecular weight is 142 g/mol. The Morgan fingerprint density at radius 1 is 1.70 bits per heavy atom. The summed E-state index contributed by atoms with van der Waals surface area (Å²) in [7, 11) is 1.65. The molecule has 2 heteroatoms. The lowest BCUT2D eigenvalue weighted by Gasteiger charge is -2.33. The monoisotopic (exact) mass is 142 g/mol. The molecule has 0 saturated heterocycles. The first-order chi connectivity index (χ1) is 4.75. The second-order valence-corrected chi connectivity index (χ2v) is 2.84. The van der Waals surface area contributed by atoms with Crippen LogP contribution in [0.5, 0.6) is 0 Å². The van der Waals surface area contributed by atoms with E-state index in [2.05, 4.69) is 6.58 Å². The molecular formula is C8H14O2. The molecule has 2 unspecified atom stereocenters. The number of hydrogen-bond acceptors (Lipinski definition) is 2. The second kappa shape index (κ2) is 3.17. The van der Waals surface area contributed by atoms with Gasteiger partial charge in [-0.05, 0) is 18.4 Å². The third-order valence-electron chi connectivity index (χ3n) is 2.09. The van der Waals surface area contributed by atoms with Crippen LogP contribution in [0.15, 0.2) is 12.2 Å². The summed E-state index contributed by atoms with van der Waals surface area (Å²) >= 11 is 0. The molecule has 10 heavy (non-hydrogen) atoms. The van der Waals surface area contributed by atoms with Crippen molar-refractivity contribution in [3.05, 3.63) is 12.2 Å². The predicted octanol–water partition coefficient (Wildman–Crippen LogP) is 0.960. The third kappa shape index (κ3) is 1.39. The van der Waals surface area contributed by atoms with Crippen LogP contribution in [0.1, 0.15) is 12.8 Å². The molecule has 0 aromatic carbocycles. The zero-order valence-corrected chi connectivity index (χ0v) is 6.34. The second-order valence-electron chi connectivity index (χ2n) is 2.84. The number of aliphatic hydroxyl groups excluding tert-OH is 1. The van der Waals surface area contributed by atoms with Crippen LogP contribution in [-0.4, -0.2) is 24.9 Å². The predicted molar refractivity (Wildman–Crippen MR) is 39.7 cm³/mol. The molecule has 0 amide bonds. The molecule has 1 aliphatic rings. The zero-order valence-electron chi connectivity index (χ0n) is 6.34. The van der Waals surface area contributed by atoms with Gasteiger partial charge >= 0.3 is 0 Å². The van der Waals surface area contributed by atoms with E-state index < -0.39 is 0 Å². The van der Waals surface area contributed by atoms with E-state index in [0.29, 0.717) is 12.5 Å². The Kier molecular flexibility index (Phi) is 2.46. The van der Waals surface area contributed by atoms with Gasteiger partial charge in [-0.25, -0.2) is 0 Å². The largest absolute Gasteiger partial charge is 0.393 e. The quantitative estimate of drug-likeness (QED) is 0.595. The lowest BCUT2D eigenvalue weighted by atomic mass is 9.77. The van der Waals surface area contributed by atoms with Crippen LogP contribution in [0.2, 0.25) is 0 Å². The number of methoxy groups -OCH3 is 1. The highest BCUT2D eigenvalue weighted by molar-refractivity contribution is 5.08. The van der Waals surface area contributed by atoms with Crippen molar-refractivity contribution in [1.82, 2.24) is 0 Å². The van der Waals surface area contributed by atoms with Crippen molar-refractivity contribution in [1.29, 1.82) is 0 Å². The first-order valence-electron chi connectivity index (χ1n) is 3.60. The molecule has 0 aromatic heterocycles. The van der Waals surface area contributed by atoms with Gasteiger partial charge in [0.1, 0.15) is 0 Å². The van der Waals surface area contributed by atoms with Crippen molar-refractivity contribution in [3.63, 3.8) is 0 Å². The average Bonchev–Trinajstić information content (AvgIpc) is 1.85. The Labute approximate surface area is 61.5 Å². The minimum absolute atomic E-state index is 0.150. The molecular weight excluding hydrogens is 128 g/mol. The molecule has 0 spiro atoms. The summed E-state index contributed by atoms with van der Waals surface area (Å²) in [6, 6.07) is 0. The highest BCUT2D eigenvalue weighted by Gasteiger charge is 2.30. The zero-order chi connectivity index (χ0) is 7.56. The van der Waals surface area contributed by atoms with Gasteiger partial charge in [-0.15, -0.1) is 0 Å². The van der Waals surface area contributed by atoms with Crippen molar-refractivity contribution in [2.75, 3.05) is 13.7 Å². The van der Waals surface area contributed by atoms with E-state index in [1.165, 1.54) is 0 Å². The Balaban J connectivity index is 2.27. The van der Waals surface area contributed by atoms with Crippen LogP contribution in [0.4, 0.5) is 0 Å². The first kappa shape index (κ1) is 7.76. The Bertz CT molecular complexity index is 131. The van der Waals surface area contributed by atoms with Gasteiger partial charge in [-0.3, -0.25) is 0 Å². The fourth-order valence-corrected chi connectivity index (χ4v) is 1.25. The molecule has 0 heterocycles. The van der Waals surface area contributed by atoms with Crippen molar-refractivity contribution in [2.24, 2.45) is 5.92 Å². The maximum Gasteiger partial charge on any atom is 0.0674 e. The van der Waals surface area contributed by atoms with Gasteiger partial charge in [0.2, 0.25) is 0 Å². The number of rotatable bonds is 3. The maximum absolute atomic E-state index is 9.19. The van der Waals surface area contributed by atoms with E-state index >= 15 is 0 Å². The molecule has 1 rings (SSSR count). The molecule has 0 radical (unpaired) electrons. The summed E-state index contributed by atoms with van der Waals surface area (Å²) in [4.78, 5) is 0. The molecule has 1 aliphatic carbocycles. The van der Waals surface area contributed by atoms with Gasteiger partial charge in [0.25, 0.3) is 0 Å². The Morgan fingerprint density at radius 2 is 2.40 bits per heavy atom. The van der Waals surface area contributed by atoms with Crippen molar-refractivity contribution >= 4 is 0 Å². The topological polar surface area (TPSA) is 29.5 Å². The maximum atomic E-state index is 9.19. The van der Waals surface area contributed by atoms with Gasteiger partial charge in [0, 0.05) is 13.0 Å². The first-order valence-corrected chi connectivity index (χ1v) is 3.60. The van der Waals surface area contributed by atoms with Crippen LogP contribution in [-0.2, 0) is 4.74 Å². The molecule has 2 nitrogen and oxygen atoms in total. The normalized spacial score (nSPS) is 31.4. The molecule has 0 aliphatic heterocycles. The van der Waals surface area contributed by atoms with Gasteiger partial charge in [0.05, 0.1) is 12.7 Å². The van der Waals surface area contributed by atoms with Crippen LogP contribution < -0.4 is 0 Å². The lowest BCUT2D eigenvalue weighted by molar-refractivity contribution is 0.0363. The summed E-state index contributed by atoms with van der Waals surface area (Å²) in [6.07, 6.45) is 1.85. The van der Waals surface area contributed by atoms with Gasteiger partial charge in [0.15, 0.2) is 0 Å².